The Kier molecular flexibility index (Phi) is 4.32. The molecule has 6 nitrogen and oxygen atoms in total. The lowest BCUT2D eigenvalue weighted by atomic mass is 10.3. The van der Waals surface area contributed by atoms with Crippen LogP contribution in [-0.4, -0.2) is 32.1 Å². The Morgan fingerprint density at radius 3 is 3.06 bits per heavy atom. The quantitative estimate of drug-likeness (QED) is 0.649. The summed E-state index contributed by atoms with van der Waals surface area (Å²) in [6.45, 7) is 4.30. The number of aromatic amines is 1. The highest BCUT2D eigenvalue weighted by atomic mass is 32.2. The van der Waals surface area contributed by atoms with E-state index in [1.165, 1.54) is 17.5 Å². The van der Waals surface area contributed by atoms with Gasteiger partial charge in [-0.05, 0) is 12.0 Å². The summed E-state index contributed by atoms with van der Waals surface area (Å²) < 4.78 is 0.864. The van der Waals surface area contributed by atoms with Gasteiger partial charge in [0, 0.05) is 11.9 Å². The smallest absolute Gasteiger partial charge is 0.275 e. The molecule has 0 atom stereocenters. The lowest BCUT2D eigenvalue weighted by Crippen LogP contribution is -2.12. The predicted molar refractivity (Wildman–Crippen MR) is 72.0 cm³/mol. The standard InChI is InChI=1S/C10H13N5OS2/c1-6(2)5-17-10-15-14-9(18-10)12-8(16)7-3-4-11-13-7/h3-4,6H,5H2,1-2H3,(H,11,13)(H,12,14,16). The third-order valence-corrected chi connectivity index (χ3v) is 4.31. The lowest BCUT2D eigenvalue weighted by molar-refractivity contribution is 0.102. The van der Waals surface area contributed by atoms with Crippen molar-refractivity contribution in [2.75, 3.05) is 11.1 Å². The van der Waals surface area contributed by atoms with E-state index in [-0.39, 0.29) is 5.91 Å². The van der Waals surface area contributed by atoms with Crippen molar-refractivity contribution >= 4 is 34.1 Å². The second-order valence-corrected chi connectivity index (χ2v) is 6.25. The van der Waals surface area contributed by atoms with Gasteiger partial charge in [-0.3, -0.25) is 15.2 Å². The Hall–Kier alpha value is -1.41. The highest BCUT2D eigenvalue weighted by molar-refractivity contribution is 8.01. The second kappa shape index (κ2) is 5.96. The zero-order valence-electron chi connectivity index (χ0n) is 10.0. The van der Waals surface area contributed by atoms with Gasteiger partial charge in [0.25, 0.3) is 5.91 Å². The number of anilines is 1. The molecule has 96 valence electrons. The summed E-state index contributed by atoms with van der Waals surface area (Å²) in [5.74, 6) is 1.33. The lowest BCUT2D eigenvalue weighted by Gasteiger charge is -1.99. The second-order valence-electron chi connectivity index (χ2n) is 4.00. The van der Waals surface area contributed by atoms with Gasteiger partial charge in [0.2, 0.25) is 5.13 Å². The molecule has 1 amide bonds. The van der Waals surface area contributed by atoms with Crippen molar-refractivity contribution in [3.63, 3.8) is 0 Å². The summed E-state index contributed by atoms with van der Waals surface area (Å²) in [7, 11) is 0. The Morgan fingerprint density at radius 1 is 1.56 bits per heavy atom. The van der Waals surface area contributed by atoms with Crippen molar-refractivity contribution in [3.8, 4) is 0 Å². The fraction of sp³-hybridized carbons (Fsp3) is 0.400. The normalized spacial score (nSPS) is 10.8. The average Bonchev–Trinajstić information content (AvgIpc) is 2.97. The van der Waals surface area contributed by atoms with Crippen molar-refractivity contribution < 1.29 is 4.79 Å². The van der Waals surface area contributed by atoms with Gasteiger partial charge in [-0.2, -0.15) is 5.10 Å². The molecule has 0 bridgehead atoms. The van der Waals surface area contributed by atoms with E-state index < -0.39 is 0 Å². The van der Waals surface area contributed by atoms with Crippen LogP contribution < -0.4 is 5.32 Å². The topological polar surface area (TPSA) is 83.6 Å². The van der Waals surface area contributed by atoms with Gasteiger partial charge in [0.1, 0.15) is 5.69 Å². The van der Waals surface area contributed by atoms with Gasteiger partial charge < -0.3 is 0 Å². The van der Waals surface area contributed by atoms with E-state index in [1.54, 1.807) is 17.8 Å². The Bertz CT molecular complexity index is 508. The summed E-state index contributed by atoms with van der Waals surface area (Å²) in [6.07, 6.45) is 1.53. The molecule has 0 saturated heterocycles. The van der Waals surface area contributed by atoms with E-state index in [9.17, 15) is 4.79 Å². The van der Waals surface area contributed by atoms with Crippen LogP contribution in [-0.2, 0) is 0 Å². The molecule has 8 heteroatoms. The van der Waals surface area contributed by atoms with Crippen LogP contribution in [0.3, 0.4) is 0 Å². The minimum Gasteiger partial charge on any atom is -0.295 e. The van der Waals surface area contributed by atoms with Gasteiger partial charge in [0.05, 0.1) is 0 Å². The van der Waals surface area contributed by atoms with E-state index in [0.717, 1.165) is 10.1 Å². The molecule has 18 heavy (non-hydrogen) atoms. The van der Waals surface area contributed by atoms with E-state index >= 15 is 0 Å². The SMILES string of the molecule is CC(C)CSc1nnc(NC(=O)c2ccn[nH]2)s1. The van der Waals surface area contributed by atoms with Crippen LogP contribution in [0, 0.1) is 5.92 Å². The van der Waals surface area contributed by atoms with E-state index in [0.29, 0.717) is 16.7 Å². The summed E-state index contributed by atoms with van der Waals surface area (Å²) in [4.78, 5) is 11.7. The third kappa shape index (κ3) is 3.54. The number of rotatable bonds is 5. The number of aromatic nitrogens is 4. The summed E-state index contributed by atoms with van der Waals surface area (Å²) in [5.41, 5.74) is 0.404. The number of thioether (sulfide) groups is 1. The first-order valence-electron chi connectivity index (χ1n) is 5.42. The first kappa shape index (κ1) is 13.0. The fourth-order valence-electron chi connectivity index (χ4n) is 1.10. The van der Waals surface area contributed by atoms with Crippen LogP contribution in [0.25, 0.3) is 0 Å². The van der Waals surface area contributed by atoms with Gasteiger partial charge in [0.15, 0.2) is 4.34 Å². The van der Waals surface area contributed by atoms with Crippen LogP contribution in [0.4, 0.5) is 5.13 Å². The number of H-pyrrole nitrogens is 1. The van der Waals surface area contributed by atoms with Gasteiger partial charge >= 0.3 is 0 Å². The monoisotopic (exact) mass is 283 g/mol. The Labute approximate surface area is 113 Å². The molecule has 0 aromatic carbocycles. The molecule has 0 saturated carbocycles. The fourth-order valence-corrected chi connectivity index (χ4v) is 2.83. The molecule has 0 aliphatic rings. The molecule has 0 aliphatic carbocycles. The minimum atomic E-state index is -0.260. The van der Waals surface area contributed by atoms with Crippen molar-refractivity contribution in [2.24, 2.45) is 5.92 Å². The maximum atomic E-state index is 11.7. The predicted octanol–water partition coefficient (Wildman–Crippen LogP) is 2.26. The molecule has 0 fully saturated rings. The number of nitrogens with one attached hydrogen (secondary N) is 2. The Morgan fingerprint density at radius 2 is 2.39 bits per heavy atom. The van der Waals surface area contributed by atoms with Crippen molar-refractivity contribution in [3.05, 3.63) is 18.0 Å². The van der Waals surface area contributed by atoms with Gasteiger partial charge in [-0.15, -0.1) is 10.2 Å². The largest absolute Gasteiger partial charge is 0.295 e. The molecule has 0 aliphatic heterocycles. The first-order valence-corrected chi connectivity index (χ1v) is 7.22. The van der Waals surface area contributed by atoms with Crippen LogP contribution in [0.5, 0.6) is 0 Å². The number of carbonyl (C=O) groups is 1. The third-order valence-electron chi connectivity index (χ3n) is 1.91. The molecule has 0 spiro atoms. The van der Waals surface area contributed by atoms with Crippen molar-refractivity contribution in [2.45, 2.75) is 18.2 Å². The van der Waals surface area contributed by atoms with Gasteiger partial charge in [-0.1, -0.05) is 36.9 Å². The maximum absolute atomic E-state index is 11.7. The van der Waals surface area contributed by atoms with Crippen molar-refractivity contribution in [1.82, 2.24) is 20.4 Å². The zero-order valence-corrected chi connectivity index (χ0v) is 11.6. The molecular weight excluding hydrogens is 270 g/mol. The highest BCUT2D eigenvalue weighted by Gasteiger charge is 2.11. The van der Waals surface area contributed by atoms with Crippen LogP contribution in [0.1, 0.15) is 24.3 Å². The average molecular weight is 283 g/mol. The summed E-state index contributed by atoms with van der Waals surface area (Å²) >= 11 is 3.02. The van der Waals surface area contributed by atoms with Gasteiger partial charge in [-0.25, -0.2) is 0 Å². The number of hydrogen-bond donors (Lipinski definition) is 2. The highest BCUT2D eigenvalue weighted by Crippen LogP contribution is 2.26. The maximum Gasteiger partial charge on any atom is 0.275 e. The van der Waals surface area contributed by atoms with Crippen LogP contribution in [0.15, 0.2) is 16.6 Å². The number of hydrogen-bond acceptors (Lipinski definition) is 6. The molecule has 2 N–H and O–H groups in total. The van der Waals surface area contributed by atoms with Crippen molar-refractivity contribution in [1.29, 1.82) is 0 Å². The molecule has 0 radical (unpaired) electrons. The van der Waals surface area contributed by atoms with Crippen LogP contribution >= 0.6 is 23.1 Å². The molecule has 2 rings (SSSR count). The molecule has 2 heterocycles. The van der Waals surface area contributed by atoms with E-state index in [1.807, 2.05) is 0 Å². The number of carbonyl (C=O) groups excluding carboxylic acids is 1. The van der Waals surface area contributed by atoms with Crippen LogP contribution in [0.2, 0.25) is 0 Å². The molecule has 0 unspecified atom stereocenters. The van der Waals surface area contributed by atoms with E-state index in [4.69, 9.17) is 0 Å². The summed E-state index contributed by atoms with van der Waals surface area (Å²) in [6, 6.07) is 1.60. The number of nitrogens with zero attached hydrogens (tertiary/aromatic N) is 3. The first-order chi connectivity index (χ1) is 8.65. The molecule has 2 aromatic rings. The summed E-state index contributed by atoms with van der Waals surface area (Å²) in [5, 5.41) is 17.4. The number of amides is 1. The zero-order chi connectivity index (χ0) is 13.0. The van der Waals surface area contributed by atoms with E-state index in [2.05, 4.69) is 39.6 Å². The Balaban J connectivity index is 1.92. The molecular formula is C10H13N5OS2. The molecule has 2 aromatic heterocycles. The minimum absolute atomic E-state index is 0.260.